The first-order chi connectivity index (χ1) is 11.3. The molecule has 2 aromatic carbocycles. The first-order valence-electron chi connectivity index (χ1n) is 7.89. The van der Waals surface area contributed by atoms with E-state index < -0.39 is 11.6 Å². The predicted octanol–water partition coefficient (Wildman–Crippen LogP) is 4.36. The van der Waals surface area contributed by atoms with Crippen molar-refractivity contribution in [2.24, 2.45) is 0 Å². The van der Waals surface area contributed by atoms with Gasteiger partial charge in [-0.15, -0.1) is 0 Å². The van der Waals surface area contributed by atoms with Gasteiger partial charge >= 0.3 is 0 Å². The number of carbonyl (C=O) groups excluding carboxylic acids is 1. The Hall–Kier alpha value is -2.43. The molecule has 0 aliphatic heterocycles. The van der Waals surface area contributed by atoms with Crippen LogP contribution >= 0.6 is 0 Å². The molecule has 0 bridgehead atoms. The van der Waals surface area contributed by atoms with Gasteiger partial charge in [0, 0.05) is 24.0 Å². The number of nitrogens with zero attached hydrogens (tertiary/aromatic N) is 1. The van der Waals surface area contributed by atoms with Crippen LogP contribution < -0.4 is 10.2 Å². The zero-order valence-electron chi connectivity index (χ0n) is 14.4. The number of halogens is 2. The van der Waals surface area contributed by atoms with Gasteiger partial charge < -0.3 is 10.2 Å². The molecule has 0 saturated heterocycles. The minimum atomic E-state index is -0.920. The fraction of sp³-hybridized carbons (Fsp3) is 0.316. The molecule has 0 radical (unpaired) electrons. The summed E-state index contributed by atoms with van der Waals surface area (Å²) in [6, 6.07) is 7.66. The van der Waals surface area contributed by atoms with Gasteiger partial charge in [-0.3, -0.25) is 4.79 Å². The standard InChI is InChI=1S/C19H22F2N2O/c1-5-23(15-6-7-16(20)17(21)10-15)11-18(24)22-19-13(3)8-12(2)9-14(19)4/h6-10H,5,11H2,1-4H3,(H,22,24). The van der Waals surface area contributed by atoms with E-state index in [0.29, 0.717) is 12.2 Å². The summed E-state index contributed by atoms with van der Waals surface area (Å²) in [7, 11) is 0. The van der Waals surface area contributed by atoms with E-state index in [1.807, 2.05) is 39.8 Å². The third kappa shape index (κ3) is 4.10. The second kappa shape index (κ2) is 7.43. The lowest BCUT2D eigenvalue weighted by molar-refractivity contribution is -0.115. The van der Waals surface area contributed by atoms with E-state index in [0.717, 1.165) is 34.5 Å². The number of likely N-dealkylation sites (N-methyl/N-ethyl adjacent to an activating group) is 1. The Labute approximate surface area is 141 Å². The molecule has 24 heavy (non-hydrogen) atoms. The molecule has 1 amide bonds. The zero-order valence-corrected chi connectivity index (χ0v) is 14.4. The summed E-state index contributed by atoms with van der Waals surface area (Å²) < 4.78 is 26.5. The van der Waals surface area contributed by atoms with E-state index in [1.54, 1.807) is 4.90 Å². The number of hydrogen-bond acceptors (Lipinski definition) is 2. The number of benzene rings is 2. The molecule has 0 spiro atoms. The quantitative estimate of drug-likeness (QED) is 0.882. The number of aryl methyl sites for hydroxylation is 3. The molecular formula is C19H22F2N2O. The molecule has 2 aromatic rings. The Bertz CT molecular complexity index is 736. The molecule has 5 heteroatoms. The SMILES string of the molecule is CCN(CC(=O)Nc1c(C)cc(C)cc1C)c1ccc(F)c(F)c1. The van der Waals surface area contributed by atoms with Gasteiger partial charge in [-0.2, -0.15) is 0 Å². The minimum Gasteiger partial charge on any atom is -0.362 e. The molecule has 128 valence electrons. The highest BCUT2D eigenvalue weighted by Gasteiger charge is 2.14. The van der Waals surface area contributed by atoms with Crippen LogP contribution in [0.2, 0.25) is 0 Å². The average molecular weight is 332 g/mol. The highest BCUT2D eigenvalue weighted by Crippen LogP contribution is 2.22. The molecule has 0 aliphatic rings. The molecule has 0 aliphatic carbocycles. The molecule has 2 rings (SSSR count). The summed E-state index contributed by atoms with van der Waals surface area (Å²) >= 11 is 0. The monoisotopic (exact) mass is 332 g/mol. The van der Waals surface area contributed by atoms with E-state index >= 15 is 0 Å². The second-order valence-corrected chi connectivity index (χ2v) is 5.93. The number of hydrogen-bond donors (Lipinski definition) is 1. The largest absolute Gasteiger partial charge is 0.362 e. The van der Waals surface area contributed by atoms with Crippen LogP contribution in [0, 0.1) is 32.4 Å². The molecule has 0 fully saturated rings. The highest BCUT2D eigenvalue weighted by molar-refractivity contribution is 5.95. The van der Waals surface area contributed by atoms with E-state index in [4.69, 9.17) is 0 Å². The molecule has 0 aromatic heterocycles. The highest BCUT2D eigenvalue weighted by atomic mass is 19.2. The maximum absolute atomic E-state index is 13.4. The topological polar surface area (TPSA) is 32.3 Å². The number of carbonyl (C=O) groups is 1. The zero-order chi connectivity index (χ0) is 17.9. The van der Waals surface area contributed by atoms with Gasteiger partial charge in [0.1, 0.15) is 0 Å². The Morgan fingerprint density at radius 3 is 2.21 bits per heavy atom. The maximum Gasteiger partial charge on any atom is 0.243 e. The summed E-state index contributed by atoms with van der Waals surface area (Å²) in [5.41, 5.74) is 4.41. The maximum atomic E-state index is 13.4. The number of anilines is 2. The van der Waals surface area contributed by atoms with Crippen LogP contribution in [0.3, 0.4) is 0 Å². The average Bonchev–Trinajstić information content (AvgIpc) is 2.51. The minimum absolute atomic E-state index is 0.0638. The molecule has 3 nitrogen and oxygen atoms in total. The van der Waals surface area contributed by atoms with Crippen LogP contribution in [0.4, 0.5) is 20.2 Å². The summed E-state index contributed by atoms with van der Waals surface area (Å²) in [5, 5.41) is 2.92. The van der Waals surface area contributed by atoms with E-state index in [-0.39, 0.29) is 12.5 Å². The second-order valence-electron chi connectivity index (χ2n) is 5.93. The van der Waals surface area contributed by atoms with Gasteiger partial charge in [-0.05, 0) is 51.0 Å². The lowest BCUT2D eigenvalue weighted by atomic mass is 10.1. The summed E-state index contributed by atoms with van der Waals surface area (Å²) in [5.74, 6) is -2.02. The van der Waals surface area contributed by atoms with Crippen LogP contribution in [0.25, 0.3) is 0 Å². The van der Waals surface area contributed by atoms with Gasteiger partial charge in [0.05, 0.1) is 6.54 Å². The van der Waals surface area contributed by atoms with Crippen molar-refractivity contribution in [1.82, 2.24) is 0 Å². The van der Waals surface area contributed by atoms with Crippen LogP contribution in [-0.2, 0) is 4.79 Å². The van der Waals surface area contributed by atoms with Crippen LogP contribution in [0.15, 0.2) is 30.3 Å². The van der Waals surface area contributed by atoms with Crippen molar-refractivity contribution in [2.45, 2.75) is 27.7 Å². The van der Waals surface area contributed by atoms with Crippen molar-refractivity contribution in [1.29, 1.82) is 0 Å². The molecule has 1 N–H and O–H groups in total. The van der Waals surface area contributed by atoms with Crippen molar-refractivity contribution in [3.8, 4) is 0 Å². The Morgan fingerprint density at radius 1 is 1.04 bits per heavy atom. The predicted molar refractivity (Wildman–Crippen MR) is 93.5 cm³/mol. The third-order valence-corrected chi connectivity index (χ3v) is 3.93. The van der Waals surface area contributed by atoms with Crippen molar-refractivity contribution in [2.75, 3.05) is 23.3 Å². The molecular weight excluding hydrogens is 310 g/mol. The third-order valence-electron chi connectivity index (χ3n) is 3.93. The fourth-order valence-electron chi connectivity index (χ4n) is 2.80. The van der Waals surface area contributed by atoms with Gasteiger partial charge in [-0.1, -0.05) is 17.7 Å². The molecule has 0 saturated carbocycles. The fourth-order valence-corrected chi connectivity index (χ4v) is 2.80. The summed E-state index contributed by atoms with van der Waals surface area (Å²) in [6.07, 6.45) is 0. The molecule has 0 unspecified atom stereocenters. The van der Waals surface area contributed by atoms with Crippen molar-refractivity contribution in [3.05, 3.63) is 58.7 Å². The van der Waals surface area contributed by atoms with Crippen LogP contribution in [0.1, 0.15) is 23.6 Å². The van der Waals surface area contributed by atoms with Gasteiger partial charge in [0.2, 0.25) is 5.91 Å². The van der Waals surface area contributed by atoms with Crippen molar-refractivity contribution >= 4 is 17.3 Å². The first-order valence-corrected chi connectivity index (χ1v) is 7.89. The Morgan fingerprint density at radius 2 is 1.67 bits per heavy atom. The van der Waals surface area contributed by atoms with E-state index in [2.05, 4.69) is 5.32 Å². The lowest BCUT2D eigenvalue weighted by Gasteiger charge is -2.23. The van der Waals surface area contributed by atoms with Gasteiger partial charge in [-0.25, -0.2) is 8.78 Å². The molecule has 0 atom stereocenters. The van der Waals surface area contributed by atoms with Crippen molar-refractivity contribution in [3.63, 3.8) is 0 Å². The number of amides is 1. The summed E-state index contributed by atoms with van der Waals surface area (Å²) in [4.78, 5) is 14.1. The molecule has 0 heterocycles. The Balaban J connectivity index is 2.14. The van der Waals surface area contributed by atoms with E-state index in [1.165, 1.54) is 6.07 Å². The normalized spacial score (nSPS) is 10.6. The van der Waals surface area contributed by atoms with Crippen LogP contribution in [0.5, 0.6) is 0 Å². The number of rotatable bonds is 5. The smallest absolute Gasteiger partial charge is 0.243 e. The van der Waals surface area contributed by atoms with Crippen molar-refractivity contribution < 1.29 is 13.6 Å². The van der Waals surface area contributed by atoms with E-state index in [9.17, 15) is 13.6 Å². The van der Waals surface area contributed by atoms with Crippen LogP contribution in [-0.4, -0.2) is 19.0 Å². The number of nitrogens with one attached hydrogen (secondary N) is 1. The van der Waals surface area contributed by atoms with Gasteiger partial charge in [0.25, 0.3) is 0 Å². The lowest BCUT2D eigenvalue weighted by Crippen LogP contribution is -2.33. The summed E-state index contributed by atoms with van der Waals surface area (Å²) in [6.45, 7) is 8.33. The van der Waals surface area contributed by atoms with Gasteiger partial charge in [0.15, 0.2) is 11.6 Å². The Kier molecular flexibility index (Phi) is 5.54. The first kappa shape index (κ1) is 17.9.